The number of carbonyl (C=O) groups excluding carboxylic acids is 3. The van der Waals surface area contributed by atoms with E-state index >= 15 is 0 Å². The molecule has 19 heavy (non-hydrogen) atoms. The van der Waals surface area contributed by atoms with Crippen molar-refractivity contribution >= 4 is 40.8 Å². The highest BCUT2D eigenvalue weighted by Crippen LogP contribution is 2.21. The van der Waals surface area contributed by atoms with Crippen molar-refractivity contribution in [1.82, 2.24) is 4.90 Å². The Morgan fingerprint density at radius 3 is 2.47 bits per heavy atom. The summed E-state index contributed by atoms with van der Waals surface area (Å²) in [7, 11) is 0. The molecule has 0 bridgehead atoms. The molecule has 1 aliphatic heterocycles. The third-order valence-electron chi connectivity index (χ3n) is 2.58. The van der Waals surface area contributed by atoms with Crippen LogP contribution in [0.25, 0.3) is 0 Å². The average Bonchev–Trinajstić information content (AvgIpc) is 2.37. The molecule has 100 valence electrons. The number of rotatable bonds is 3. The molecule has 1 aliphatic rings. The first-order valence-electron chi connectivity index (χ1n) is 5.38. The summed E-state index contributed by atoms with van der Waals surface area (Å²) in [5, 5.41) is 0.579. The van der Waals surface area contributed by atoms with E-state index in [1.807, 2.05) is 0 Å². The summed E-state index contributed by atoms with van der Waals surface area (Å²) in [6, 6.07) is 4.44. The molecule has 0 radical (unpaired) electrons. The number of amides is 2. The molecule has 0 aromatic heterocycles. The van der Waals surface area contributed by atoms with Crippen molar-refractivity contribution in [3.05, 3.63) is 33.8 Å². The smallest absolute Gasteiger partial charge is 0.255 e. The number of Topliss-reactive ketones (excluding diaryl/α,β-unsaturated/α-hetero) is 1. The molecule has 5 nitrogen and oxygen atoms in total. The lowest BCUT2D eigenvalue weighted by Crippen LogP contribution is -2.48. The predicted octanol–water partition coefficient (Wildman–Crippen LogP) is 1.56. The van der Waals surface area contributed by atoms with E-state index in [2.05, 4.69) is 0 Å². The molecule has 1 fully saturated rings. The van der Waals surface area contributed by atoms with Gasteiger partial charge in [0.2, 0.25) is 0 Å². The van der Waals surface area contributed by atoms with Crippen LogP contribution in [-0.2, 0) is 14.3 Å². The van der Waals surface area contributed by atoms with E-state index in [0.29, 0.717) is 5.02 Å². The van der Waals surface area contributed by atoms with Gasteiger partial charge in [-0.15, -0.1) is 0 Å². The van der Waals surface area contributed by atoms with E-state index in [1.165, 1.54) is 12.1 Å². The van der Waals surface area contributed by atoms with Crippen LogP contribution in [0.3, 0.4) is 0 Å². The average molecular weight is 302 g/mol. The maximum absolute atomic E-state index is 12.0. The second kappa shape index (κ2) is 5.69. The lowest BCUT2D eigenvalue weighted by Gasteiger charge is -2.24. The summed E-state index contributed by atoms with van der Waals surface area (Å²) in [5.74, 6) is -1.53. The lowest BCUT2D eigenvalue weighted by atomic mass is 10.1. The number of hydrogen-bond acceptors (Lipinski definition) is 4. The largest absolute Gasteiger partial charge is 0.362 e. The van der Waals surface area contributed by atoms with Gasteiger partial charge in [0.1, 0.15) is 13.2 Å². The highest BCUT2D eigenvalue weighted by molar-refractivity contribution is 6.36. The number of imide groups is 1. The van der Waals surface area contributed by atoms with Crippen LogP contribution in [0.4, 0.5) is 0 Å². The quantitative estimate of drug-likeness (QED) is 0.628. The fourth-order valence-electron chi connectivity index (χ4n) is 1.64. The van der Waals surface area contributed by atoms with Gasteiger partial charge in [-0.1, -0.05) is 23.2 Å². The minimum Gasteiger partial charge on any atom is -0.362 e. The third-order valence-corrected chi connectivity index (χ3v) is 3.15. The summed E-state index contributed by atoms with van der Waals surface area (Å²) in [6.07, 6.45) is 0. The molecule has 1 aromatic rings. The number of morpholine rings is 1. The monoisotopic (exact) mass is 301 g/mol. The van der Waals surface area contributed by atoms with E-state index in [0.717, 1.165) is 4.90 Å². The van der Waals surface area contributed by atoms with E-state index in [1.54, 1.807) is 6.07 Å². The van der Waals surface area contributed by atoms with Crippen LogP contribution < -0.4 is 0 Å². The summed E-state index contributed by atoms with van der Waals surface area (Å²) in [5.41, 5.74) is 0.182. The number of carbonyl (C=O) groups is 3. The van der Waals surface area contributed by atoms with Gasteiger partial charge in [-0.05, 0) is 18.2 Å². The van der Waals surface area contributed by atoms with Crippen LogP contribution in [0.1, 0.15) is 10.4 Å². The molecule has 1 aromatic carbocycles. The molecule has 0 aliphatic carbocycles. The number of hydrogen-bond donors (Lipinski definition) is 0. The van der Waals surface area contributed by atoms with Gasteiger partial charge in [0.15, 0.2) is 5.78 Å². The van der Waals surface area contributed by atoms with Crippen LogP contribution in [-0.4, -0.2) is 42.3 Å². The number of benzene rings is 1. The first-order chi connectivity index (χ1) is 8.99. The van der Waals surface area contributed by atoms with Gasteiger partial charge in [0.25, 0.3) is 11.8 Å². The summed E-state index contributed by atoms with van der Waals surface area (Å²) in [6.45, 7) is -0.772. The Hall–Kier alpha value is -1.43. The molecule has 1 heterocycles. The Bertz CT molecular complexity index is 543. The number of halogens is 2. The van der Waals surface area contributed by atoms with E-state index in [4.69, 9.17) is 27.9 Å². The fourth-order valence-corrected chi connectivity index (χ4v) is 2.03. The number of nitrogens with zero attached hydrogens (tertiary/aromatic N) is 1. The first kappa shape index (κ1) is 14.0. The molecular weight excluding hydrogens is 293 g/mol. The maximum atomic E-state index is 12.0. The molecule has 2 rings (SSSR count). The second-order valence-electron chi connectivity index (χ2n) is 3.91. The third kappa shape index (κ3) is 3.12. The van der Waals surface area contributed by atoms with E-state index < -0.39 is 17.6 Å². The SMILES string of the molecule is O=C(CN1C(=O)COCC1=O)c1cc(Cl)ccc1Cl. The second-order valence-corrected chi connectivity index (χ2v) is 4.76. The van der Waals surface area contributed by atoms with Crippen molar-refractivity contribution in [2.75, 3.05) is 19.8 Å². The minimum atomic E-state index is -0.539. The highest BCUT2D eigenvalue weighted by Gasteiger charge is 2.29. The molecule has 0 spiro atoms. The molecule has 0 N–H and O–H groups in total. The number of ether oxygens (including phenoxy) is 1. The van der Waals surface area contributed by atoms with Gasteiger partial charge in [-0.25, -0.2) is 0 Å². The Labute approximate surface area is 119 Å². The summed E-state index contributed by atoms with van der Waals surface area (Å²) >= 11 is 11.7. The first-order valence-corrected chi connectivity index (χ1v) is 6.14. The number of ketones is 1. The van der Waals surface area contributed by atoms with Crippen molar-refractivity contribution in [2.24, 2.45) is 0 Å². The molecular formula is C12H9Cl2NO4. The van der Waals surface area contributed by atoms with Crippen molar-refractivity contribution in [1.29, 1.82) is 0 Å². The Balaban J connectivity index is 2.18. The van der Waals surface area contributed by atoms with Crippen LogP contribution >= 0.6 is 23.2 Å². The van der Waals surface area contributed by atoms with Crippen LogP contribution in [0.2, 0.25) is 10.0 Å². The standard InChI is InChI=1S/C12H9Cl2NO4/c13-7-1-2-9(14)8(3-7)10(16)4-15-11(17)5-19-6-12(15)18/h1-3H,4-6H2. The zero-order chi connectivity index (χ0) is 14.0. The maximum Gasteiger partial charge on any atom is 0.255 e. The highest BCUT2D eigenvalue weighted by atomic mass is 35.5. The van der Waals surface area contributed by atoms with Gasteiger partial charge in [0.05, 0.1) is 11.6 Å². The van der Waals surface area contributed by atoms with Crippen LogP contribution in [0.5, 0.6) is 0 Å². The van der Waals surface area contributed by atoms with E-state index in [9.17, 15) is 14.4 Å². The molecule has 2 amide bonds. The van der Waals surface area contributed by atoms with Crippen molar-refractivity contribution in [3.63, 3.8) is 0 Å². The normalized spacial score (nSPS) is 15.8. The fraction of sp³-hybridized carbons (Fsp3) is 0.250. The Morgan fingerprint density at radius 1 is 1.21 bits per heavy atom. The molecule has 0 unspecified atom stereocenters. The lowest BCUT2D eigenvalue weighted by molar-refractivity contribution is -0.157. The molecule has 7 heteroatoms. The van der Waals surface area contributed by atoms with Gasteiger partial charge >= 0.3 is 0 Å². The van der Waals surface area contributed by atoms with Gasteiger partial charge in [0, 0.05) is 10.6 Å². The zero-order valence-corrected chi connectivity index (χ0v) is 11.2. The van der Waals surface area contributed by atoms with Gasteiger partial charge in [-0.3, -0.25) is 19.3 Å². The van der Waals surface area contributed by atoms with Gasteiger partial charge < -0.3 is 4.74 Å². The van der Waals surface area contributed by atoms with Crippen LogP contribution in [0.15, 0.2) is 18.2 Å². The summed E-state index contributed by atoms with van der Waals surface area (Å²) < 4.78 is 4.76. The van der Waals surface area contributed by atoms with Crippen molar-refractivity contribution < 1.29 is 19.1 Å². The molecule has 0 saturated carbocycles. The molecule has 0 atom stereocenters. The van der Waals surface area contributed by atoms with Crippen LogP contribution in [0, 0.1) is 0 Å². The van der Waals surface area contributed by atoms with Crippen molar-refractivity contribution in [3.8, 4) is 0 Å². The predicted molar refractivity (Wildman–Crippen MR) is 68.3 cm³/mol. The Kier molecular flexibility index (Phi) is 4.19. The minimum absolute atomic E-state index is 0.182. The zero-order valence-electron chi connectivity index (χ0n) is 9.69. The van der Waals surface area contributed by atoms with Crippen molar-refractivity contribution in [2.45, 2.75) is 0 Å². The molecule has 1 saturated heterocycles. The van der Waals surface area contributed by atoms with E-state index in [-0.39, 0.29) is 30.3 Å². The Morgan fingerprint density at radius 2 is 1.84 bits per heavy atom. The van der Waals surface area contributed by atoms with Gasteiger partial charge in [-0.2, -0.15) is 0 Å². The summed E-state index contributed by atoms with van der Waals surface area (Å²) in [4.78, 5) is 35.9. The topological polar surface area (TPSA) is 63.7 Å².